The number of hydrogen-bond acceptors (Lipinski definition) is 6. The summed E-state index contributed by atoms with van der Waals surface area (Å²) in [5, 5.41) is 4.60. The predicted octanol–water partition coefficient (Wildman–Crippen LogP) is 6.77. The van der Waals surface area contributed by atoms with Gasteiger partial charge in [-0.15, -0.1) is 0 Å². The van der Waals surface area contributed by atoms with Crippen molar-refractivity contribution in [3.8, 4) is 0 Å². The van der Waals surface area contributed by atoms with Gasteiger partial charge in [-0.2, -0.15) is 0 Å². The van der Waals surface area contributed by atoms with Gasteiger partial charge in [0.1, 0.15) is 17.0 Å². The summed E-state index contributed by atoms with van der Waals surface area (Å²) in [5.41, 5.74) is 1.18. The maximum Gasteiger partial charge on any atom is 0.410 e. The van der Waals surface area contributed by atoms with Gasteiger partial charge in [-0.25, -0.2) is 4.79 Å². The lowest BCUT2D eigenvalue weighted by Crippen LogP contribution is -2.36. The first-order chi connectivity index (χ1) is 16.5. The van der Waals surface area contributed by atoms with E-state index in [1.54, 1.807) is 4.90 Å². The molecule has 7 nitrogen and oxygen atoms in total. The fraction of sp³-hybridized carbons (Fsp3) is 0.828. The summed E-state index contributed by atoms with van der Waals surface area (Å²) in [5.74, 6) is 1.54. The highest BCUT2D eigenvalue weighted by molar-refractivity contribution is 5.77. The van der Waals surface area contributed by atoms with Crippen LogP contribution in [0.15, 0.2) is 4.52 Å². The minimum atomic E-state index is -0.608. The molecule has 1 aromatic rings. The summed E-state index contributed by atoms with van der Waals surface area (Å²) in [4.78, 5) is 27.9. The van der Waals surface area contributed by atoms with Crippen LogP contribution in [-0.4, -0.2) is 46.4 Å². The lowest BCUT2D eigenvalue weighted by atomic mass is 9.66. The van der Waals surface area contributed by atoms with Crippen LogP contribution < -0.4 is 0 Å². The Bertz CT molecular complexity index is 967. The molecule has 2 heterocycles. The van der Waals surface area contributed by atoms with Crippen LogP contribution in [0.5, 0.6) is 0 Å². The SMILES string of the molecule is CC(C)(C)C[C@H]1C[C@@H](c2onc([C@H]3CN(C(=O)OC(C)(C)C)C[C@@H]3C(=O)OC(C)(C)C)c2C2CC2)C1. The zero-order valence-electron chi connectivity index (χ0n) is 23.8. The van der Waals surface area contributed by atoms with Crippen molar-refractivity contribution in [2.45, 2.75) is 123 Å². The highest BCUT2D eigenvalue weighted by Gasteiger charge is 2.49. The summed E-state index contributed by atoms with van der Waals surface area (Å²) in [7, 11) is 0. The molecule has 4 rings (SSSR count). The quantitative estimate of drug-likeness (QED) is 0.413. The molecule has 0 radical (unpaired) electrons. The predicted molar refractivity (Wildman–Crippen MR) is 138 cm³/mol. The molecule has 7 heteroatoms. The molecule has 36 heavy (non-hydrogen) atoms. The minimum Gasteiger partial charge on any atom is -0.460 e. The van der Waals surface area contributed by atoms with E-state index in [4.69, 9.17) is 14.0 Å². The average molecular weight is 503 g/mol. The number of likely N-dealkylation sites (tertiary alicyclic amines) is 1. The molecule has 1 aliphatic heterocycles. The first-order valence-corrected chi connectivity index (χ1v) is 13.7. The van der Waals surface area contributed by atoms with Crippen molar-refractivity contribution >= 4 is 12.1 Å². The zero-order chi connectivity index (χ0) is 26.6. The number of aromatic nitrogens is 1. The molecule has 202 valence electrons. The molecule has 2 aliphatic carbocycles. The monoisotopic (exact) mass is 502 g/mol. The zero-order valence-corrected chi connectivity index (χ0v) is 23.8. The Hall–Kier alpha value is -2.05. The summed E-state index contributed by atoms with van der Waals surface area (Å²) < 4.78 is 17.5. The molecule has 3 aliphatic rings. The van der Waals surface area contributed by atoms with Crippen LogP contribution in [0.3, 0.4) is 0 Å². The van der Waals surface area contributed by atoms with Crippen molar-refractivity contribution in [3.05, 3.63) is 17.0 Å². The maximum atomic E-state index is 13.3. The number of rotatable bonds is 5. The van der Waals surface area contributed by atoms with Crippen molar-refractivity contribution < 1.29 is 23.6 Å². The average Bonchev–Trinajstić information content (AvgIpc) is 3.24. The molecule has 1 saturated heterocycles. The lowest BCUT2D eigenvalue weighted by molar-refractivity contribution is -0.159. The Labute approximate surface area is 216 Å². The number of nitrogens with zero attached hydrogens (tertiary/aromatic N) is 2. The number of carbonyl (C=O) groups excluding carboxylic acids is 2. The van der Waals surface area contributed by atoms with Crippen LogP contribution in [0.25, 0.3) is 0 Å². The van der Waals surface area contributed by atoms with Crippen molar-refractivity contribution in [2.75, 3.05) is 13.1 Å². The van der Waals surface area contributed by atoms with E-state index in [9.17, 15) is 9.59 Å². The molecule has 0 unspecified atom stereocenters. The lowest BCUT2D eigenvalue weighted by Gasteiger charge is -2.38. The Balaban J connectivity index is 1.59. The molecule has 0 aromatic carbocycles. The van der Waals surface area contributed by atoms with Gasteiger partial charge in [-0.05, 0) is 90.9 Å². The van der Waals surface area contributed by atoms with Crippen LogP contribution in [-0.2, 0) is 14.3 Å². The van der Waals surface area contributed by atoms with E-state index in [1.165, 1.54) is 12.0 Å². The second-order valence-corrected chi connectivity index (χ2v) is 14.6. The third-order valence-electron chi connectivity index (χ3n) is 7.31. The Kier molecular flexibility index (Phi) is 7.02. The van der Waals surface area contributed by atoms with Gasteiger partial charge < -0.3 is 18.9 Å². The number of ether oxygens (including phenoxy) is 2. The highest BCUT2D eigenvalue weighted by atomic mass is 16.6. The third kappa shape index (κ3) is 6.44. The van der Waals surface area contributed by atoms with E-state index in [-0.39, 0.29) is 18.4 Å². The van der Waals surface area contributed by atoms with Crippen molar-refractivity contribution in [1.29, 1.82) is 0 Å². The smallest absolute Gasteiger partial charge is 0.410 e. The van der Waals surface area contributed by atoms with Gasteiger partial charge in [-0.1, -0.05) is 25.9 Å². The van der Waals surface area contributed by atoms with Crippen molar-refractivity contribution in [2.24, 2.45) is 17.3 Å². The molecule has 1 aromatic heterocycles. The topological polar surface area (TPSA) is 81.9 Å². The third-order valence-corrected chi connectivity index (χ3v) is 7.31. The van der Waals surface area contributed by atoms with Crippen LogP contribution in [0.1, 0.15) is 129 Å². The molecule has 0 N–H and O–H groups in total. The fourth-order valence-corrected chi connectivity index (χ4v) is 5.82. The van der Waals surface area contributed by atoms with Gasteiger partial charge in [0.25, 0.3) is 0 Å². The van der Waals surface area contributed by atoms with Crippen LogP contribution >= 0.6 is 0 Å². The van der Waals surface area contributed by atoms with Crippen LogP contribution in [0, 0.1) is 17.3 Å². The van der Waals surface area contributed by atoms with E-state index < -0.39 is 23.2 Å². The van der Waals surface area contributed by atoms with E-state index in [2.05, 4.69) is 25.9 Å². The van der Waals surface area contributed by atoms with Gasteiger partial charge in [0.2, 0.25) is 0 Å². The first-order valence-electron chi connectivity index (χ1n) is 13.7. The van der Waals surface area contributed by atoms with Crippen molar-refractivity contribution in [1.82, 2.24) is 10.1 Å². The summed E-state index contributed by atoms with van der Waals surface area (Å²) in [6.45, 7) is 18.7. The van der Waals surface area contributed by atoms with Gasteiger partial charge in [0.05, 0.1) is 11.6 Å². The summed E-state index contributed by atoms with van der Waals surface area (Å²) in [6.07, 6.45) is 5.33. The fourth-order valence-electron chi connectivity index (χ4n) is 5.82. The molecular weight excluding hydrogens is 456 g/mol. The van der Waals surface area contributed by atoms with Crippen LogP contribution in [0.4, 0.5) is 4.79 Å². The second kappa shape index (κ2) is 9.36. The molecule has 0 spiro atoms. The van der Waals surface area contributed by atoms with Gasteiger partial charge in [0.15, 0.2) is 0 Å². The van der Waals surface area contributed by atoms with E-state index >= 15 is 0 Å². The standard InChI is InChI=1S/C29H46N2O5/c1-27(2,3)14-17-12-19(13-17)24-22(18-10-11-18)23(30-36-24)20-15-31(26(33)35-29(7,8)9)16-21(20)25(32)34-28(4,5)6/h17-21H,10-16H2,1-9H3/t17-,19+,20-,21-/m0/s1. The number of hydrogen-bond donors (Lipinski definition) is 0. The summed E-state index contributed by atoms with van der Waals surface area (Å²) >= 11 is 0. The van der Waals surface area contributed by atoms with Crippen LogP contribution in [0.2, 0.25) is 0 Å². The molecule has 0 bridgehead atoms. The Morgan fingerprint density at radius 2 is 1.53 bits per heavy atom. The Morgan fingerprint density at radius 3 is 2.06 bits per heavy atom. The highest BCUT2D eigenvalue weighted by Crippen LogP contribution is 2.54. The maximum absolute atomic E-state index is 13.3. The molecule has 1 amide bonds. The minimum absolute atomic E-state index is 0.258. The van der Waals surface area contributed by atoms with E-state index in [0.717, 1.165) is 43.1 Å². The van der Waals surface area contributed by atoms with Gasteiger partial charge >= 0.3 is 12.1 Å². The Morgan fingerprint density at radius 1 is 0.917 bits per heavy atom. The molecule has 2 atom stereocenters. The largest absolute Gasteiger partial charge is 0.460 e. The molecular formula is C29H46N2O5. The van der Waals surface area contributed by atoms with Crippen molar-refractivity contribution in [3.63, 3.8) is 0 Å². The normalized spacial score (nSPS) is 27.1. The summed E-state index contributed by atoms with van der Waals surface area (Å²) in [6, 6.07) is 0. The molecule has 3 fully saturated rings. The van der Waals surface area contributed by atoms with Gasteiger partial charge in [-0.3, -0.25) is 4.79 Å². The van der Waals surface area contributed by atoms with E-state index in [0.29, 0.717) is 23.8 Å². The number of carbonyl (C=O) groups is 2. The number of amides is 1. The first kappa shape index (κ1) is 27.0. The van der Waals surface area contributed by atoms with E-state index in [1.807, 2.05) is 41.5 Å². The second-order valence-electron chi connectivity index (χ2n) is 14.6. The molecule has 2 saturated carbocycles. The number of esters is 1. The van der Waals surface area contributed by atoms with Gasteiger partial charge in [0, 0.05) is 30.5 Å².